The highest BCUT2D eigenvalue weighted by molar-refractivity contribution is 6.23. The molecule has 10 nitrogen and oxygen atoms in total. The van der Waals surface area contributed by atoms with Gasteiger partial charge in [-0.1, -0.05) is 5.21 Å². The molecule has 0 aliphatic carbocycles. The van der Waals surface area contributed by atoms with E-state index in [1.54, 1.807) is 24.5 Å². The molecule has 2 aliphatic rings. The van der Waals surface area contributed by atoms with Gasteiger partial charge in [-0.3, -0.25) is 34.4 Å². The molecule has 3 aromatic rings. The number of imide groups is 2. The Morgan fingerprint density at radius 3 is 2.61 bits per heavy atom. The van der Waals surface area contributed by atoms with E-state index in [4.69, 9.17) is 0 Å². The number of fused-ring (bicyclic) bond motifs is 1. The van der Waals surface area contributed by atoms with Gasteiger partial charge >= 0.3 is 0 Å². The minimum atomic E-state index is -1.000. The molecule has 4 heterocycles. The molecule has 1 fully saturated rings. The summed E-state index contributed by atoms with van der Waals surface area (Å²) in [5, 5.41) is 10.5. The minimum absolute atomic E-state index is 0.0740. The molecule has 1 atom stereocenters. The van der Waals surface area contributed by atoms with Crippen LogP contribution in [0.2, 0.25) is 0 Å². The van der Waals surface area contributed by atoms with Crippen molar-refractivity contribution in [3.8, 4) is 16.9 Å². The maximum atomic E-state index is 13.0. The van der Waals surface area contributed by atoms with Gasteiger partial charge in [0, 0.05) is 23.9 Å². The summed E-state index contributed by atoms with van der Waals surface area (Å²) in [5.41, 5.74) is 3.21. The molecule has 2 aliphatic heterocycles. The second kappa shape index (κ2) is 6.94. The average Bonchev–Trinajstić information content (AvgIpc) is 3.33. The van der Waals surface area contributed by atoms with Crippen molar-refractivity contribution in [2.24, 2.45) is 0 Å². The Labute approximate surface area is 175 Å². The molecule has 2 aromatic heterocycles. The van der Waals surface area contributed by atoms with E-state index in [0.29, 0.717) is 11.4 Å². The standard InChI is InChI=1S/C21H16N6O4/c1-11-13(3-2-8-22-11)16-10-26(25-24-16)12-4-5-14-15(9-12)21(31)27(20(14)30)17-6-7-18(28)23-19(17)29/h2-5,8-10,17H,6-7H2,1H3,(H,23,28,29). The molecule has 1 unspecified atom stereocenters. The van der Waals surface area contributed by atoms with Crippen LogP contribution in [-0.4, -0.2) is 54.5 Å². The van der Waals surface area contributed by atoms with Gasteiger partial charge < -0.3 is 0 Å². The number of aromatic nitrogens is 4. The maximum absolute atomic E-state index is 13.0. The number of hydrogen-bond donors (Lipinski definition) is 1. The Bertz CT molecular complexity index is 1280. The fourth-order valence-electron chi connectivity index (χ4n) is 3.87. The first-order valence-corrected chi connectivity index (χ1v) is 9.64. The van der Waals surface area contributed by atoms with Crippen molar-refractivity contribution >= 4 is 23.6 Å². The molecule has 1 N–H and O–H groups in total. The third kappa shape index (κ3) is 3.00. The summed E-state index contributed by atoms with van der Waals surface area (Å²) >= 11 is 0. The first kappa shape index (κ1) is 18.8. The van der Waals surface area contributed by atoms with Gasteiger partial charge in [0.25, 0.3) is 11.8 Å². The first-order chi connectivity index (χ1) is 14.9. The van der Waals surface area contributed by atoms with Crippen molar-refractivity contribution < 1.29 is 19.2 Å². The zero-order valence-electron chi connectivity index (χ0n) is 16.4. The Kier molecular flexibility index (Phi) is 4.21. The maximum Gasteiger partial charge on any atom is 0.262 e. The number of piperidine rings is 1. The van der Waals surface area contributed by atoms with E-state index in [0.717, 1.165) is 16.2 Å². The quantitative estimate of drug-likeness (QED) is 0.632. The lowest BCUT2D eigenvalue weighted by atomic mass is 10.0. The fourth-order valence-corrected chi connectivity index (χ4v) is 3.87. The highest BCUT2D eigenvalue weighted by atomic mass is 16.2. The van der Waals surface area contributed by atoms with Crippen LogP contribution in [0.4, 0.5) is 0 Å². The molecule has 0 bridgehead atoms. The average molecular weight is 416 g/mol. The van der Waals surface area contributed by atoms with Crippen molar-refractivity contribution in [3.05, 3.63) is 59.5 Å². The predicted octanol–water partition coefficient (Wildman–Crippen LogP) is 1.04. The molecular weight excluding hydrogens is 400 g/mol. The van der Waals surface area contributed by atoms with Crippen LogP contribution in [0.1, 0.15) is 39.3 Å². The van der Waals surface area contributed by atoms with E-state index in [1.165, 1.54) is 10.7 Å². The summed E-state index contributed by atoms with van der Waals surface area (Å²) in [5.74, 6) is -2.17. The van der Waals surface area contributed by atoms with Crippen molar-refractivity contribution in [3.63, 3.8) is 0 Å². The van der Waals surface area contributed by atoms with E-state index < -0.39 is 29.7 Å². The first-order valence-electron chi connectivity index (χ1n) is 9.64. The van der Waals surface area contributed by atoms with Crippen molar-refractivity contribution in [1.82, 2.24) is 30.2 Å². The highest BCUT2D eigenvalue weighted by Crippen LogP contribution is 2.29. The van der Waals surface area contributed by atoms with Crippen molar-refractivity contribution in [1.29, 1.82) is 0 Å². The molecule has 1 aromatic carbocycles. The molecule has 31 heavy (non-hydrogen) atoms. The number of carbonyl (C=O) groups excluding carboxylic acids is 4. The lowest BCUT2D eigenvalue weighted by Crippen LogP contribution is -2.54. The fraction of sp³-hybridized carbons (Fsp3) is 0.190. The number of aryl methyl sites for hydroxylation is 1. The molecule has 10 heteroatoms. The lowest BCUT2D eigenvalue weighted by molar-refractivity contribution is -0.136. The zero-order valence-corrected chi connectivity index (χ0v) is 16.4. The van der Waals surface area contributed by atoms with Gasteiger partial charge in [0.1, 0.15) is 11.7 Å². The van der Waals surface area contributed by atoms with E-state index in [1.807, 2.05) is 19.1 Å². The summed E-state index contributed by atoms with van der Waals surface area (Å²) < 4.78 is 1.51. The van der Waals surface area contributed by atoms with Gasteiger partial charge in [-0.2, -0.15) is 0 Å². The third-order valence-electron chi connectivity index (χ3n) is 5.46. The van der Waals surface area contributed by atoms with Crippen LogP contribution in [-0.2, 0) is 9.59 Å². The normalized spacial score (nSPS) is 18.4. The Hall–Kier alpha value is -4.21. The number of nitrogens with zero attached hydrogens (tertiary/aromatic N) is 5. The number of pyridine rings is 1. The van der Waals surface area contributed by atoms with E-state index in [9.17, 15) is 19.2 Å². The van der Waals surface area contributed by atoms with Gasteiger partial charge in [-0.05, 0) is 43.7 Å². The number of nitrogens with one attached hydrogen (secondary N) is 1. The lowest BCUT2D eigenvalue weighted by Gasteiger charge is -2.27. The minimum Gasteiger partial charge on any atom is -0.295 e. The third-order valence-corrected chi connectivity index (χ3v) is 5.46. The Morgan fingerprint density at radius 1 is 1.03 bits per heavy atom. The van der Waals surface area contributed by atoms with Crippen LogP contribution in [0.15, 0.2) is 42.7 Å². The molecule has 0 saturated carbocycles. The van der Waals surface area contributed by atoms with E-state index in [2.05, 4.69) is 20.6 Å². The SMILES string of the molecule is Cc1ncccc1-c1cn(-c2ccc3c(c2)C(=O)N(C2CCC(=O)NC2=O)C3=O)nn1. The molecule has 0 spiro atoms. The molecule has 1 saturated heterocycles. The van der Waals surface area contributed by atoms with Gasteiger partial charge in [-0.15, -0.1) is 5.10 Å². The predicted molar refractivity (Wildman–Crippen MR) is 106 cm³/mol. The summed E-state index contributed by atoms with van der Waals surface area (Å²) in [6.07, 6.45) is 3.59. The van der Waals surface area contributed by atoms with E-state index in [-0.39, 0.29) is 24.0 Å². The van der Waals surface area contributed by atoms with Crippen LogP contribution in [0.25, 0.3) is 16.9 Å². The monoisotopic (exact) mass is 416 g/mol. The van der Waals surface area contributed by atoms with Crippen LogP contribution >= 0.6 is 0 Å². The largest absolute Gasteiger partial charge is 0.295 e. The topological polar surface area (TPSA) is 127 Å². The second-order valence-corrected chi connectivity index (χ2v) is 7.36. The van der Waals surface area contributed by atoms with Crippen LogP contribution in [0.3, 0.4) is 0 Å². The molecule has 154 valence electrons. The molecule has 0 radical (unpaired) electrons. The smallest absolute Gasteiger partial charge is 0.262 e. The Morgan fingerprint density at radius 2 is 1.84 bits per heavy atom. The Balaban J connectivity index is 1.47. The highest BCUT2D eigenvalue weighted by Gasteiger charge is 2.44. The van der Waals surface area contributed by atoms with Crippen molar-refractivity contribution in [2.75, 3.05) is 0 Å². The van der Waals surface area contributed by atoms with Crippen molar-refractivity contribution in [2.45, 2.75) is 25.8 Å². The van der Waals surface area contributed by atoms with Crippen LogP contribution in [0, 0.1) is 6.92 Å². The van der Waals surface area contributed by atoms with Gasteiger partial charge in [-0.25, -0.2) is 4.68 Å². The van der Waals surface area contributed by atoms with Gasteiger partial charge in [0.15, 0.2) is 0 Å². The number of rotatable bonds is 3. The molecular formula is C21H16N6O4. The summed E-state index contributed by atoms with van der Waals surface area (Å²) in [7, 11) is 0. The van der Waals surface area contributed by atoms with Crippen LogP contribution in [0.5, 0.6) is 0 Å². The molecule has 5 rings (SSSR count). The molecule has 4 amide bonds. The number of amides is 4. The zero-order chi connectivity index (χ0) is 21.7. The number of hydrogen-bond acceptors (Lipinski definition) is 7. The number of carbonyl (C=O) groups is 4. The van der Waals surface area contributed by atoms with E-state index >= 15 is 0 Å². The number of benzene rings is 1. The summed E-state index contributed by atoms with van der Waals surface area (Å²) in [6.45, 7) is 1.87. The summed E-state index contributed by atoms with van der Waals surface area (Å²) in [4.78, 5) is 54.5. The van der Waals surface area contributed by atoms with Crippen LogP contribution < -0.4 is 5.32 Å². The summed E-state index contributed by atoms with van der Waals surface area (Å²) in [6, 6.07) is 7.44. The van der Waals surface area contributed by atoms with Gasteiger partial charge in [0.05, 0.1) is 23.0 Å². The van der Waals surface area contributed by atoms with Gasteiger partial charge in [0.2, 0.25) is 11.8 Å². The second-order valence-electron chi connectivity index (χ2n) is 7.36.